The van der Waals surface area contributed by atoms with Crippen LogP contribution >= 0.6 is 0 Å². The van der Waals surface area contributed by atoms with Crippen molar-refractivity contribution in [2.45, 2.75) is 49.8 Å². The molecular weight excluding hydrogens is 540 g/mol. The number of ether oxygens (including phenoxy) is 5. The number of phenols is 2. The van der Waals surface area contributed by atoms with Crippen LogP contribution in [0.2, 0.25) is 0 Å². The Kier molecular flexibility index (Phi) is 10.4. The predicted octanol–water partition coefficient (Wildman–Crippen LogP) is -1.57. The van der Waals surface area contributed by atoms with Gasteiger partial charge in [-0.25, -0.2) is 9.59 Å². The number of hydrogen-bond donors (Lipinski definition) is 7. The molecule has 0 radical (unpaired) electrons. The van der Waals surface area contributed by atoms with Crippen molar-refractivity contribution >= 4 is 17.9 Å². The summed E-state index contributed by atoms with van der Waals surface area (Å²) in [5.41, 5.74) is 0.0283. The first-order valence-electron chi connectivity index (χ1n) is 12.0. The van der Waals surface area contributed by atoms with Crippen molar-refractivity contribution in [3.63, 3.8) is 0 Å². The van der Waals surface area contributed by atoms with Gasteiger partial charge in [-0.15, -0.1) is 0 Å². The third-order valence-electron chi connectivity index (χ3n) is 6.25. The van der Waals surface area contributed by atoms with E-state index >= 15 is 0 Å². The lowest BCUT2D eigenvalue weighted by molar-refractivity contribution is -0.327. The number of aliphatic hydroxyl groups excluding tert-OH is 4. The Morgan fingerprint density at radius 3 is 2.40 bits per heavy atom. The number of aromatic hydroxyl groups is 2. The maximum absolute atomic E-state index is 12.7. The molecule has 0 saturated carbocycles. The molecule has 0 aromatic heterocycles. The van der Waals surface area contributed by atoms with Crippen LogP contribution in [-0.4, -0.2) is 111 Å². The summed E-state index contributed by atoms with van der Waals surface area (Å²) in [6, 6.07) is 4.06. The minimum absolute atomic E-state index is 0.160. The van der Waals surface area contributed by atoms with E-state index in [-0.39, 0.29) is 35.7 Å². The topological polar surface area (TPSA) is 239 Å². The zero-order chi connectivity index (χ0) is 29.6. The fraction of sp³-hybridized carbons (Fsp3) is 0.480. The molecule has 1 fully saturated rings. The third-order valence-corrected chi connectivity index (χ3v) is 6.25. The van der Waals surface area contributed by atoms with Crippen molar-refractivity contribution < 1.29 is 73.8 Å². The third kappa shape index (κ3) is 7.26. The molecule has 0 amide bonds. The van der Waals surface area contributed by atoms with Crippen molar-refractivity contribution in [1.82, 2.24) is 0 Å². The number of carboxylic acids is 1. The van der Waals surface area contributed by atoms with E-state index in [1.807, 2.05) is 0 Å². The number of hydrogen-bond acceptors (Lipinski definition) is 14. The minimum atomic E-state index is -1.85. The van der Waals surface area contributed by atoms with E-state index in [0.717, 1.165) is 13.4 Å². The summed E-state index contributed by atoms with van der Waals surface area (Å²) in [5.74, 6) is -5.27. The number of carbonyl (C=O) groups is 3. The number of benzene rings is 1. The molecular formula is C25H30O15. The molecule has 15 heteroatoms. The van der Waals surface area contributed by atoms with Gasteiger partial charge in [0.05, 0.1) is 38.6 Å². The van der Waals surface area contributed by atoms with E-state index in [2.05, 4.69) is 0 Å². The Morgan fingerprint density at radius 1 is 1.05 bits per heavy atom. The highest BCUT2D eigenvalue weighted by atomic mass is 16.8. The molecule has 0 aliphatic carbocycles. The smallest absolute Gasteiger partial charge is 0.337 e. The first-order chi connectivity index (χ1) is 19.0. The minimum Gasteiger partial charge on any atom is -0.504 e. The lowest BCUT2D eigenvalue weighted by Crippen LogP contribution is -2.60. The van der Waals surface area contributed by atoms with Gasteiger partial charge in [0, 0.05) is 24.0 Å². The summed E-state index contributed by atoms with van der Waals surface area (Å²) < 4.78 is 26.1. The van der Waals surface area contributed by atoms with E-state index in [1.54, 1.807) is 0 Å². The average Bonchev–Trinajstić information content (AvgIpc) is 2.92. The van der Waals surface area contributed by atoms with Crippen LogP contribution in [0.5, 0.6) is 11.5 Å². The molecule has 0 unspecified atom stereocenters. The summed E-state index contributed by atoms with van der Waals surface area (Å²) in [6.45, 7) is -0.912. The van der Waals surface area contributed by atoms with E-state index in [1.165, 1.54) is 18.2 Å². The van der Waals surface area contributed by atoms with Crippen LogP contribution in [0, 0.1) is 5.92 Å². The number of phenolic OH excluding ortho intramolecular Hbond substituents is 2. The van der Waals surface area contributed by atoms with Gasteiger partial charge in [-0.1, -0.05) is 6.07 Å². The van der Waals surface area contributed by atoms with Gasteiger partial charge in [-0.05, 0) is 17.7 Å². The van der Waals surface area contributed by atoms with Crippen molar-refractivity contribution in [3.8, 4) is 11.5 Å². The van der Waals surface area contributed by atoms with Gasteiger partial charge < -0.3 is 59.4 Å². The molecule has 2 aliphatic rings. The van der Waals surface area contributed by atoms with Crippen LogP contribution in [0.1, 0.15) is 12.0 Å². The molecule has 2 aliphatic heterocycles. The van der Waals surface area contributed by atoms with Gasteiger partial charge in [0.15, 0.2) is 17.8 Å². The number of rotatable bonds is 10. The van der Waals surface area contributed by atoms with E-state index in [9.17, 15) is 50.1 Å². The Hall–Kier alpha value is -3.73. The molecule has 2 heterocycles. The maximum Gasteiger partial charge on any atom is 0.337 e. The molecule has 0 spiro atoms. The number of aliphatic hydroxyl groups is 4. The first-order valence-corrected chi connectivity index (χ1v) is 12.0. The Labute approximate surface area is 227 Å². The highest BCUT2D eigenvalue weighted by molar-refractivity contribution is 5.91. The number of esters is 2. The van der Waals surface area contributed by atoms with Gasteiger partial charge in [0.2, 0.25) is 6.29 Å². The van der Waals surface area contributed by atoms with Gasteiger partial charge in [0.1, 0.15) is 24.4 Å². The molecule has 1 aromatic rings. The molecule has 1 aromatic carbocycles. The monoisotopic (exact) mass is 570 g/mol. The highest BCUT2D eigenvalue weighted by Crippen LogP contribution is 2.36. The second-order valence-corrected chi connectivity index (χ2v) is 8.90. The van der Waals surface area contributed by atoms with Crippen LogP contribution in [0.4, 0.5) is 0 Å². The number of carbonyl (C=O) groups excluding carboxylic acids is 2. The summed E-state index contributed by atoms with van der Waals surface area (Å²) >= 11 is 0. The Morgan fingerprint density at radius 2 is 1.77 bits per heavy atom. The lowest BCUT2D eigenvalue weighted by atomic mass is 9.86. The molecule has 3 rings (SSSR count). The van der Waals surface area contributed by atoms with E-state index in [4.69, 9.17) is 23.7 Å². The second kappa shape index (κ2) is 13.6. The Balaban J connectivity index is 1.80. The van der Waals surface area contributed by atoms with Crippen molar-refractivity contribution in [1.29, 1.82) is 0 Å². The zero-order valence-electron chi connectivity index (χ0n) is 21.2. The summed E-state index contributed by atoms with van der Waals surface area (Å²) in [4.78, 5) is 36.8. The largest absolute Gasteiger partial charge is 0.504 e. The highest BCUT2D eigenvalue weighted by Gasteiger charge is 2.47. The van der Waals surface area contributed by atoms with Crippen LogP contribution < -0.4 is 0 Å². The van der Waals surface area contributed by atoms with Crippen molar-refractivity contribution in [2.75, 3.05) is 20.3 Å². The maximum atomic E-state index is 12.7. The number of aliphatic carboxylic acids is 1. The van der Waals surface area contributed by atoms with Gasteiger partial charge in [-0.2, -0.15) is 0 Å². The number of methoxy groups -OCH3 is 1. The van der Waals surface area contributed by atoms with Crippen molar-refractivity contribution in [3.05, 3.63) is 47.2 Å². The van der Waals surface area contributed by atoms with Crippen LogP contribution in [-0.2, 0) is 44.5 Å². The lowest BCUT2D eigenvalue weighted by Gasteiger charge is -2.41. The molecule has 40 heavy (non-hydrogen) atoms. The second-order valence-electron chi connectivity index (χ2n) is 8.90. The predicted molar refractivity (Wildman–Crippen MR) is 128 cm³/mol. The summed E-state index contributed by atoms with van der Waals surface area (Å²) in [5, 5.41) is 68.2. The molecule has 7 atom stereocenters. The molecule has 0 bridgehead atoms. The van der Waals surface area contributed by atoms with Gasteiger partial charge in [0.25, 0.3) is 0 Å². The normalized spacial score (nSPS) is 29.3. The Bertz CT molecular complexity index is 1140. The first kappa shape index (κ1) is 30.8. The van der Waals surface area contributed by atoms with Crippen LogP contribution in [0.3, 0.4) is 0 Å². The van der Waals surface area contributed by atoms with Crippen LogP contribution in [0.25, 0.3) is 0 Å². The summed E-state index contributed by atoms with van der Waals surface area (Å²) in [6.07, 6.45) is -8.94. The SMILES string of the molecule is COC(=O)C1=CO[C@@H](O[C@@H]2O[C@H](CO)[C@@H](O)[C@H](O)[C@H]2O)/C(=C/C(=O)O)[C@@H]1CC(=O)OCCc1ccc(O)c(O)c1. The zero-order valence-corrected chi connectivity index (χ0v) is 21.2. The number of carboxylic acid groups (broad SMARTS) is 1. The average molecular weight is 571 g/mol. The van der Waals surface area contributed by atoms with E-state index < -0.39 is 73.8 Å². The van der Waals surface area contributed by atoms with Crippen molar-refractivity contribution in [2.24, 2.45) is 5.92 Å². The van der Waals surface area contributed by atoms with Crippen LogP contribution in [0.15, 0.2) is 41.7 Å². The fourth-order valence-electron chi connectivity index (χ4n) is 4.13. The molecule has 7 N–H and O–H groups in total. The van der Waals surface area contributed by atoms with Gasteiger partial charge in [-0.3, -0.25) is 4.79 Å². The van der Waals surface area contributed by atoms with Gasteiger partial charge >= 0.3 is 17.9 Å². The molecule has 220 valence electrons. The molecule has 15 nitrogen and oxygen atoms in total. The fourth-order valence-corrected chi connectivity index (χ4v) is 4.13. The standard InChI is InChI=1S/C25H30O15/c1-36-23(35)14-10-38-24(40-25-22(34)21(33)20(32)17(9-26)39-25)13(7-18(29)30)12(14)8-19(31)37-5-4-11-2-3-15(27)16(28)6-11/h2-3,6-7,10,12,17,20-22,24-28,32-34H,4-5,8-9H2,1H3,(H,29,30)/b13-7+/t12-,17+,20+,21-,22+,24-,25-/m0/s1. The summed E-state index contributed by atoms with van der Waals surface area (Å²) in [7, 11) is 1.06. The molecule has 1 saturated heterocycles. The van der Waals surface area contributed by atoms with E-state index in [0.29, 0.717) is 11.6 Å². The quantitative estimate of drug-likeness (QED) is 0.0955.